The van der Waals surface area contributed by atoms with Crippen LogP contribution in [0.3, 0.4) is 0 Å². The van der Waals surface area contributed by atoms with E-state index >= 15 is 0 Å². The Labute approximate surface area is 119 Å². The molecule has 20 heavy (non-hydrogen) atoms. The Morgan fingerprint density at radius 1 is 1.40 bits per heavy atom. The molecule has 0 saturated carbocycles. The van der Waals surface area contributed by atoms with Crippen LogP contribution in [0.4, 0.5) is 0 Å². The van der Waals surface area contributed by atoms with Crippen LogP contribution in [0.5, 0.6) is 0 Å². The van der Waals surface area contributed by atoms with Crippen LogP contribution in [0, 0.1) is 13.8 Å². The number of carbonyl (C=O) groups excluding carboxylic acids is 1. The third kappa shape index (κ3) is 3.44. The first-order valence-electron chi connectivity index (χ1n) is 6.72. The third-order valence-electron chi connectivity index (χ3n) is 3.47. The Morgan fingerprint density at radius 3 is 2.80 bits per heavy atom. The van der Waals surface area contributed by atoms with Crippen molar-refractivity contribution >= 4 is 5.91 Å². The Bertz CT molecular complexity index is 589. The van der Waals surface area contributed by atoms with Crippen LogP contribution >= 0.6 is 0 Å². The molecule has 5 nitrogen and oxygen atoms in total. The van der Waals surface area contributed by atoms with E-state index in [9.17, 15) is 4.79 Å². The number of hydrogen-bond acceptors (Lipinski definition) is 3. The summed E-state index contributed by atoms with van der Waals surface area (Å²) in [5.74, 6) is 0.0523. The molecule has 0 atom stereocenters. The topological polar surface area (TPSA) is 59.8 Å². The molecule has 0 aliphatic rings. The molecule has 2 aromatic heterocycles. The molecule has 0 radical (unpaired) electrons. The molecule has 1 N–H and O–H groups in total. The highest BCUT2D eigenvalue weighted by Gasteiger charge is 2.11. The standard InChI is InChI=1S/C15H20N4O/c1-11-14(12(2)19(3)18-11)6-7-15(20)17-10-13-5-4-8-16-9-13/h4-5,8-9H,6-7,10H2,1-3H3,(H,17,20). The zero-order valence-corrected chi connectivity index (χ0v) is 12.2. The molecule has 1 amide bonds. The van der Waals surface area contributed by atoms with Crippen molar-refractivity contribution in [3.05, 3.63) is 47.0 Å². The van der Waals surface area contributed by atoms with E-state index in [1.165, 1.54) is 5.56 Å². The summed E-state index contributed by atoms with van der Waals surface area (Å²) >= 11 is 0. The Morgan fingerprint density at radius 2 is 2.20 bits per heavy atom. The van der Waals surface area contributed by atoms with Gasteiger partial charge in [0.25, 0.3) is 0 Å². The molecule has 0 saturated heterocycles. The van der Waals surface area contributed by atoms with Crippen molar-refractivity contribution in [1.29, 1.82) is 0 Å². The van der Waals surface area contributed by atoms with Crippen molar-refractivity contribution in [2.24, 2.45) is 7.05 Å². The Kier molecular flexibility index (Phi) is 4.50. The number of hydrogen-bond donors (Lipinski definition) is 1. The summed E-state index contributed by atoms with van der Waals surface area (Å²) in [6.45, 7) is 4.54. The van der Waals surface area contributed by atoms with Crippen LogP contribution in [0.25, 0.3) is 0 Å². The number of rotatable bonds is 5. The van der Waals surface area contributed by atoms with Crippen LogP contribution in [0.15, 0.2) is 24.5 Å². The third-order valence-corrected chi connectivity index (χ3v) is 3.47. The van der Waals surface area contributed by atoms with Crippen LogP contribution in [-0.2, 0) is 24.8 Å². The van der Waals surface area contributed by atoms with Crippen LogP contribution < -0.4 is 5.32 Å². The molecule has 2 aromatic rings. The first-order chi connectivity index (χ1) is 9.58. The van der Waals surface area contributed by atoms with Crippen molar-refractivity contribution in [2.45, 2.75) is 33.2 Å². The Balaban J connectivity index is 1.83. The van der Waals surface area contributed by atoms with Gasteiger partial charge in [0.2, 0.25) is 5.91 Å². The molecule has 0 aliphatic heterocycles. The van der Waals surface area contributed by atoms with E-state index in [1.807, 2.05) is 37.7 Å². The average Bonchev–Trinajstić information content (AvgIpc) is 2.69. The second-order valence-electron chi connectivity index (χ2n) is 4.91. The van der Waals surface area contributed by atoms with Gasteiger partial charge in [-0.2, -0.15) is 5.10 Å². The zero-order valence-electron chi connectivity index (χ0n) is 12.2. The molecule has 5 heteroatoms. The van der Waals surface area contributed by atoms with E-state index in [0.29, 0.717) is 13.0 Å². The molecule has 0 bridgehead atoms. The van der Waals surface area contributed by atoms with Gasteiger partial charge in [-0.3, -0.25) is 14.5 Å². The summed E-state index contributed by atoms with van der Waals surface area (Å²) in [5, 5.41) is 7.27. The van der Waals surface area contributed by atoms with Gasteiger partial charge in [-0.1, -0.05) is 6.07 Å². The van der Waals surface area contributed by atoms with Gasteiger partial charge in [0, 0.05) is 38.1 Å². The normalized spacial score (nSPS) is 10.6. The van der Waals surface area contributed by atoms with Crippen LogP contribution in [-0.4, -0.2) is 20.7 Å². The van der Waals surface area contributed by atoms with Gasteiger partial charge in [-0.25, -0.2) is 0 Å². The molecule has 106 valence electrons. The number of nitrogens with zero attached hydrogens (tertiary/aromatic N) is 3. The lowest BCUT2D eigenvalue weighted by Gasteiger charge is -2.05. The van der Waals surface area contributed by atoms with E-state index in [1.54, 1.807) is 12.4 Å². The van der Waals surface area contributed by atoms with Crippen molar-refractivity contribution in [2.75, 3.05) is 0 Å². The summed E-state index contributed by atoms with van der Waals surface area (Å²) in [5.41, 5.74) is 4.31. The van der Waals surface area contributed by atoms with E-state index in [2.05, 4.69) is 15.4 Å². The van der Waals surface area contributed by atoms with Gasteiger partial charge >= 0.3 is 0 Å². The SMILES string of the molecule is Cc1nn(C)c(C)c1CCC(=O)NCc1cccnc1. The van der Waals surface area contributed by atoms with E-state index in [-0.39, 0.29) is 5.91 Å². The summed E-state index contributed by atoms with van der Waals surface area (Å²) in [7, 11) is 1.92. The molecular formula is C15H20N4O. The minimum absolute atomic E-state index is 0.0523. The largest absolute Gasteiger partial charge is 0.352 e. The fourth-order valence-corrected chi connectivity index (χ4v) is 2.21. The minimum Gasteiger partial charge on any atom is -0.352 e. The van der Waals surface area contributed by atoms with Gasteiger partial charge in [0.1, 0.15) is 0 Å². The van der Waals surface area contributed by atoms with E-state index < -0.39 is 0 Å². The molecule has 0 spiro atoms. The van der Waals surface area contributed by atoms with Crippen molar-refractivity contribution < 1.29 is 4.79 Å². The van der Waals surface area contributed by atoms with Crippen molar-refractivity contribution in [3.8, 4) is 0 Å². The molecule has 0 aliphatic carbocycles. The lowest BCUT2D eigenvalue weighted by atomic mass is 10.1. The number of aromatic nitrogens is 3. The molecule has 0 aromatic carbocycles. The first kappa shape index (κ1) is 14.2. The summed E-state index contributed by atoms with van der Waals surface area (Å²) in [6.07, 6.45) is 4.69. The Hall–Kier alpha value is -2.17. The van der Waals surface area contributed by atoms with Crippen molar-refractivity contribution in [3.63, 3.8) is 0 Å². The summed E-state index contributed by atoms with van der Waals surface area (Å²) in [6, 6.07) is 3.81. The van der Waals surface area contributed by atoms with Crippen LogP contribution in [0.1, 0.15) is 28.9 Å². The van der Waals surface area contributed by atoms with Gasteiger partial charge in [0.05, 0.1) is 5.69 Å². The number of nitrogens with one attached hydrogen (secondary N) is 1. The van der Waals surface area contributed by atoms with E-state index in [4.69, 9.17) is 0 Å². The molecule has 2 rings (SSSR count). The predicted molar refractivity (Wildman–Crippen MR) is 77.1 cm³/mol. The maximum absolute atomic E-state index is 11.9. The quantitative estimate of drug-likeness (QED) is 0.901. The summed E-state index contributed by atoms with van der Waals surface area (Å²) < 4.78 is 1.86. The summed E-state index contributed by atoms with van der Waals surface area (Å²) in [4.78, 5) is 15.9. The number of carbonyl (C=O) groups is 1. The highest BCUT2D eigenvalue weighted by molar-refractivity contribution is 5.76. The maximum Gasteiger partial charge on any atom is 0.220 e. The zero-order chi connectivity index (χ0) is 14.5. The second-order valence-corrected chi connectivity index (χ2v) is 4.91. The van der Waals surface area contributed by atoms with Gasteiger partial charge < -0.3 is 5.32 Å². The van der Waals surface area contributed by atoms with E-state index in [0.717, 1.165) is 23.4 Å². The molecule has 0 fully saturated rings. The smallest absolute Gasteiger partial charge is 0.220 e. The lowest BCUT2D eigenvalue weighted by Crippen LogP contribution is -2.23. The molecule has 0 unspecified atom stereocenters. The molecular weight excluding hydrogens is 252 g/mol. The number of aryl methyl sites for hydroxylation is 2. The first-order valence-corrected chi connectivity index (χ1v) is 6.72. The second kappa shape index (κ2) is 6.32. The van der Waals surface area contributed by atoms with Crippen molar-refractivity contribution in [1.82, 2.24) is 20.1 Å². The minimum atomic E-state index is 0.0523. The van der Waals surface area contributed by atoms with Crippen LogP contribution in [0.2, 0.25) is 0 Å². The predicted octanol–water partition coefficient (Wildman–Crippen LogP) is 1.68. The maximum atomic E-state index is 11.9. The molecule has 2 heterocycles. The fraction of sp³-hybridized carbons (Fsp3) is 0.400. The highest BCUT2D eigenvalue weighted by atomic mass is 16.1. The van der Waals surface area contributed by atoms with Gasteiger partial charge in [-0.05, 0) is 37.5 Å². The fourth-order valence-electron chi connectivity index (χ4n) is 2.21. The van der Waals surface area contributed by atoms with Gasteiger partial charge in [-0.15, -0.1) is 0 Å². The average molecular weight is 272 g/mol. The lowest BCUT2D eigenvalue weighted by molar-refractivity contribution is -0.121. The monoisotopic (exact) mass is 272 g/mol. The number of pyridine rings is 1. The number of amides is 1. The highest BCUT2D eigenvalue weighted by Crippen LogP contribution is 2.13. The van der Waals surface area contributed by atoms with Gasteiger partial charge in [0.15, 0.2) is 0 Å².